The van der Waals surface area contributed by atoms with Gasteiger partial charge in [-0.05, 0) is 105 Å². The summed E-state index contributed by atoms with van der Waals surface area (Å²) in [7, 11) is 0. The van der Waals surface area contributed by atoms with Crippen LogP contribution in [0.15, 0.2) is 69.1 Å². The van der Waals surface area contributed by atoms with Crippen LogP contribution in [0.5, 0.6) is 11.5 Å². The summed E-state index contributed by atoms with van der Waals surface area (Å²) in [4.78, 5) is 12.8. The molecule has 0 aromatic heterocycles. The Labute approximate surface area is 220 Å². The van der Waals surface area contributed by atoms with E-state index in [1.165, 1.54) is 6.08 Å². The lowest BCUT2D eigenvalue weighted by Gasteiger charge is -2.13. The number of nitrogens with one attached hydrogen (secondary N) is 1. The van der Waals surface area contributed by atoms with Crippen LogP contribution >= 0.6 is 43.5 Å². The molecule has 1 N–H and O–H groups in total. The molecule has 0 aliphatic carbocycles. The van der Waals surface area contributed by atoms with E-state index < -0.39 is 5.91 Å². The zero-order valence-corrected chi connectivity index (χ0v) is 22.4. The van der Waals surface area contributed by atoms with Crippen molar-refractivity contribution in [3.8, 4) is 17.6 Å². The maximum atomic E-state index is 12.8. The molecule has 3 aromatic carbocycles. The third-order valence-electron chi connectivity index (χ3n) is 4.68. The second-order valence-electron chi connectivity index (χ2n) is 7.28. The van der Waals surface area contributed by atoms with Gasteiger partial charge in [-0.15, -0.1) is 0 Å². The first-order valence-electron chi connectivity index (χ1n) is 10.3. The summed E-state index contributed by atoms with van der Waals surface area (Å²) in [6.45, 7) is 4.60. The smallest absolute Gasteiger partial charge is 0.266 e. The van der Waals surface area contributed by atoms with Gasteiger partial charge in [-0.2, -0.15) is 5.26 Å². The third-order valence-corrected chi connectivity index (χ3v) is 6.18. The number of carbonyl (C=O) groups is 1. The number of anilines is 1. The van der Waals surface area contributed by atoms with Crippen molar-refractivity contribution in [2.24, 2.45) is 0 Å². The van der Waals surface area contributed by atoms with Crippen LogP contribution in [-0.2, 0) is 11.4 Å². The third kappa shape index (κ3) is 6.86. The van der Waals surface area contributed by atoms with Crippen molar-refractivity contribution in [2.75, 3.05) is 11.9 Å². The van der Waals surface area contributed by atoms with E-state index in [2.05, 4.69) is 37.2 Å². The van der Waals surface area contributed by atoms with Gasteiger partial charge in [-0.3, -0.25) is 4.79 Å². The van der Waals surface area contributed by atoms with Crippen LogP contribution in [-0.4, -0.2) is 12.5 Å². The average molecular weight is 605 g/mol. The van der Waals surface area contributed by atoms with E-state index in [1.54, 1.807) is 30.3 Å². The Kier molecular flexibility index (Phi) is 9.17. The highest BCUT2D eigenvalue weighted by atomic mass is 79.9. The molecule has 0 heterocycles. The molecule has 0 unspecified atom stereocenters. The SMILES string of the molecule is CCOc1cc(/C=C(\C#N)C(=O)Nc2c(Br)cc(C)cc2Br)ccc1OCc1ccc(Cl)cc1. The van der Waals surface area contributed by atoms with Crippen LogP contribution in [0.3, 0.4) is 0 Å². The molecule has 0 spiro atoms. The van der Waals surface area contributed by atoms with E-state index >= 15 is 0 Å². The topological polar surface area (TPSA) is 71.3 Å². The summed E-state index contributed by atoms with van der Waals surface area (Å²) in [5.74, 6) is 0.560. The predicted octanol–water partition coefficient (Wildman–Crippen LogP) is 7.70. The molecule has 34 heavy (non-hydrogen) atoms. The van der Waals surface area contributed by atoms with E-state index in [4.69, 9.17) is 21.1 Å². The van der Waals surface area contributed by atoms with Gasteiger partial charge >= 0.3 is 0 Å². The molecule has 0 fully saturated rings. The maximum absolute atomic E-state index is 12.8. The molecule has 3 aromatic rings. The Morgan fingerprint density at radius 3 is 2.35 bits per heavy atom. The summed E-state index contributed by atoms with van der Waals surface area (Å²) < 4.78 is 13.1. The molecule has 0 aliphatic rings. The number of benzene rings is 3. The Morgan fingerprint density at radius 1 is 1.06 bits per heavy atom. The fourth-order valence-corrected chi connectivity index (χ4v) is 4.80. The van der Waals surface area contributed by atoms with Gasteiger partial charge in [0.25, 0.3) is 5.91 Å². The fourth-order valence-electron chi connectivity index (χ4n) is 3.06. The molecule has 3 rings (SSSR count). The van der Waals surface area contributed by atoms with Crippen molar-refractivity contribution in [1.82, 2.24) is 0 Å². The van der Waals surface area contributed by atoms with Gasteiger partial charge in [-0.25, -0.2) is 0 Å². The molecule has 5 nitrogen and oxygen atoms in total. The normalized spacial score (nSPS) is 11.0. The van der Waals surface area contributed by atoms with Gasteiger partial charge in [0, 0.05) is 14.0 Å². The van der Waals surface area contributed by atoms with Crippen LogP contribution in [0.2, 0.25) is 5.02 Å². The Morgan fingerprint density at radius 2 is 1.74 bits per heavy atom. The average Bonchev–Trinajstić information content (AvgIpc) is 2.80. The number of amides is 1. The number of halogens is 3. The minimum atomic E-state index is -0.520. The van der Waals surface area contributed by atoms with E-state index in [0.717, 1.165) is 11.1 Å². The molecule has 8 heteroatoms. The summed E-state index contributed by atoms with van der Waals surface area (Å²) in [5.41, 5.74) is 3.13. The van der Waals surface area contributed by atoms with Gasteiger partial charge in [0.1, 0.15) is 18.2 Å². The van der Waals surface area contributed by atoms with Crippen molar-refractivity contribution in [3.05, 3.63) is 90.8 Å². The molecule has 1 amide bonds. The zero-order chi connectivity index (χ0) is 24.7. The lowest BCUT2D eigenvalue weighted by molar-refractivity contribution is -0.112. The molecule has 0 radical (unpaired) electrons. The van der Waals surface area contributed by atoms with Gasteiger partial charge in [0.15, 0.2) is 11.5 Å². The Balaban J connectivity index is 1.81. The van der Waals surface area contributed by atoms with Crippen molar-refractivity contribution in [3.63, 3.8) is 0 Å². The van der Waals surface area contributed by atoms with Gasteiger partial charge in [0.2, 0.25) is 0 Å². The van der Waals surface area contributed by atoms with E-state index in [9.17, 15) is 10.1 Å². The van der Waals surface area contributed by atoms with Crippen LogP contribution < -0.4 is 14.8 Å². The number of hydrogen-bond acceptors (Lipinski definition) is 4. The molecular formula is C26H21Br2ClN2O3. The van der Waals surface area contributed by atoms with Gasteiger partial charge < -0.3 is 14.8 Å². The predicted molar refractivity (Wildman–Crippen MR) is 142 cm³/mol. The minimum Gasteiger partial charge on any atom is -0.490 e. The van der Waals surface area contributed by atoms with E-state index in [1.807, 2.05) is 44.2 Å². The highest BCUT2D eigenvalue weighted by Gasteiger charge is 2.15. The van der Waals surface area contributed by atoms with Crippen LogP contribution in [0.4, 0.5) is 5.69 Å². The Bertz CT molecular complexity index is 1250. The van der Waals surface area contributed by atoms with Crippen LogP contribution in [0.25, 0.3) is 6.08 Å². The first kappa shape index (κ1) is 25.8. The van der Waals surface area contributed by atoms with Crippen LogP contribution in [0, 0.1) is 18.3 Å². The first-order valence-corrected chi connectivity index (χ1v) is 12.3. The van der Waals surface area contributed by atoms with Gasteiger partial charge in [-0.1, -0.05) is 29.8 Å². The molecule has 0 saturated carbocycles. The van der Waals surface area contributed by atoms with Crippen molar-refractivity contribution in [2.45, 2.75) is 20.5 Å². The largest absolute Gasteiger partial charge is 0.490 e. The lowest BCUT2D eigenvalue weighted by Crippen LogP contribution is -2.14. The summed E-state index contributed by atoms with van der Waals surface area (Å²) in [6, 6.07) is 18.4. The zero-order valence-electron chi connectivity index (χ0n) is 18.5. The number of hydrogen-bond donors (Lipinski definition) is 1. The number of nitrogens with zero attached hydrogens (tertiary/aromatic N) is 1. The van der Waals surface area contributed by atoms with Crippen molar-refractivity contribution >= 4 is 61.1 Å². The number of aryl methyl sites for hydroxylation is 1. The standard InChI is InChI=1S/C26H21Br2ClN2O3/c1-3-33-24-13-18(6-9-23(24)34-15-17-4-7-20(29)8-5-17)12-19(14-30)26(32)31-25-21(27)10-16(2)11-22(25)28/h4-13H,3,15H2,1-2H3,(H,31,32)/b19-12+. The summed E-state index contributed by atoms with van der Waals surface area (Å²) in [5, 5.41) is 13.1. The van der Waals surface area contributed by atoms with Crippen LogP contribution in [0.1, 0.15) is 23.6 Å². The molecular weight excluding hydrogens is 584 g/mol. The highest BCUT2D eigenvalue weighted by Crippen LogP contribution is 2.33. The molecule has 0 aliphatic heterocycles. The van der Waals surface area contributed by atoms with Crippen molar-refractivity contribution < 1.29 is 14.3 Å². The van der Waals surface area contributed by atoms with Gasteiger partial charge in [0.05, 0.1) is 12.3 Å². The minimum absolute atomic E-state index is 0.0448. The fraction of sp³-hybridized carbons (Fsp3) is 0.154. The Hall–Kier alpha value is -2.79. The monoisotopic (exact) mass is 602 g/mol. The molecule has 0 atom stereocenters. The quantitative estimate of drug-likeness (QED) is 0.211. The van der Waals surface area contributed by atoms with Crippen molar-refractivity contribution in [1.29, 1.82) is 5.26 Å². The maximum Gasteiger partial charge on any atom is 0.266 e. The number of carbonyl (C=O) groups excluding carboxylic acids is 1. The molecule has 0 bridgehead atoms. The van der Waals surface area contributed by atoms with E-state index in [0.29, 0.717) is 49.9 Å². The lowest BCUT2D eigenvalue weighted by atomic mass is 10.1. The summed E-state index contributed by atoms with van der Waals surface area (Å²) in [6.07, 6.45) is 1.51. The number of rotatable bonds is 8. The molecule has 0 saturated heterocycles. The highest BCUT2D eigenvalue weighted by molar-refractivity contribution is 9.11. The summed E-state index contributed by atoms with van der Waals surface area (Å²) >= 11 is 12.8. The first-order chi connectivity index (χ1) is 16.3. The number of nitriles is 1. The van der Waals surface area contributed by atoms with E-state index in [-0.39, 0.29) is 5.57 Å². The molecule has 174 valence electrons. The second-order valence-corrected chi connectivity index (χ2v) is 9.43. The second kappa shape index (κ2) is 12.1. The number of ether oxygens (including phenoxy) is 2.